The van der Waals surface area contributed by atoms with Crippen LogP contribution in [0.5, 0.6) is 0 Å². The summed E-state index contributed by atoms with van der Waals surface area (Å²) in [5, 5.41) is 7.79. The van der Waals surface area contributed by atoms with E-state index in [0.29, 0.717) is 5.52 Å². The Balaban J connectivity index is 1.71. The van der Waals surface area contributed by atoms with E-state index >= 15 is 0 Å². The van der Waals surface area contributed by atoms with Crippen molar-refractivity contribution in [1.82, 2.24) is 29.4 Å². The van der Waals surface area contributed by atoms with Crippen LogP contribution in [0, 0.1) is 0 Å². The number of hydrogen-bond acceptors (Lipinski definition) is 8. The van der Waals surface area contributed by atoms with Gasteiger partial charge in [0.15, 0.2) is 0 Å². The van der Waals surface area contributed by atoms with Crippen molar-refractivity contribution in [3.63, 3.8) is 0 Å². The van der Waals surface area contributed by atoms with E-state index in [0.717, 1.165) is 49.9 Å². The predicted molar refractivity (Wildman–Crippen MR) is 132 cm³/mol. The normalized spacial score (nSPS) is 18.1. The second kappa shape index (κ2) is 9.01. The first-order chi connectivity index (χ1) is 16.7. The molecule has 0 bridgehead atoms. The molecule has 3 aromatic rings. The lowest BCUT2D eigenvalue weighted by molar-refractivity contribution is 0.264. The average Bonchev–Trinajstić information content (AvgIpc) is 3.40. The molecule has 188 valence electrons. The number of sulfonamides is 1. The molecule has 12 heteroatoms. The van der Waals surface area contributed by atoms with Gasteiger partial charge in [-0.15, -0.1) is 0 Å². The van der Waals surface area contributed by atoms with Crippen LogP contribution in [0.15, 0.2) is 34.2 Å². The van der Waals surface area contributed by atoms with E-state index in [1.807, 2.05) is 13.1 Å². The zero-order valence-corrected chi connectivity index (χ0v) is 21.0. The number of anilines is 1. The molecule has 1 aliphatic carbocycles. The van der Waals surface area contributed by atoms with Gasteiger partial charge in [0.2, 0.25) is 16.0 Å². The summed E-state index contributed by atoms with van der Waals surface area (Å²) in [6.07, 6.45) is 6.75. The molecule has 35 heavy (non-hydrogen) atoms. The van der Waals surface area contributed by atoms with Gasteiger partial charge in [0.05, 0.1) is 35.6 Å². The molecule has 1 aliphatic heterocycles. The van der Waals surface area contributed by atoms with Gasteiger partial charge in [0, 0.05) is 24.3 Å². The third-order valence-electron chi connectivity index (χ3n) is 6.82. The first-order valence-corrected chi connectivity index (χ1v) is 13.3. The molecule has 3 N–H and O–H groups in total. The van der Waals surface area contributed by atoms with Gasteiger partial charge in [-0.3, -0.25) is 18.9 Å². The smallest absolute Gasteiger partial charge is 0.263 e. The highest BCUT2D eigenvalue weighted by Crippen LogP contribution is 2.37. The molecular weight excluding hydrogens is 470 g/mol. The zero-order valence-electron chi connectivity index (χ0n) is 20.2. The SMILES string of the molecule is CONc1nc2c(C3CCNCC3)cc(S(=O)(=O)NC3(C)CC3)cc2c(=O)n1Cc1cnn(C)c1. The van der Waals surface area contributed by atoms with E-state index < -0.39 is 15.6 Å². The van der Waals surface area contributed by atoms with Crippen molar-refractivity contribution in [2.24, 2.45) is 7.05 Å². The molecule has 2 aliphatic rings. The number of hydrogen-bond donors (Lipinski definition) is 3. The van der Waals surface area contributed by atoms with Gasteiger partial charge >= 0.3 is 0 Å². The van der Waals surface area contributed by atoms with Crippen LogP contribution in [0.3, 0.4) is 0 Å². The molecule has 11 nitrogen and oxygen atoms in total. The standard InChI is InChI=1S/C23H31N7O4S/c1-23(6-7-23)28-35(32,33)17-10-18(16-4-8-24-9-5-16)20-19(11-17)21(31)30(22(26-20)27-34-3)14-15-12-25-29(2)13-15/h10-13,16,24,28H,4-9,14H2,1-3H3,(H,26,27). The second-order valence-electron chi connectivity index (χ2n) is 9.75. The minimum absolute atomic E-state index is 0.0851. The molecule has 1 saturated heterocycles. The fraction of sp³-hybridized carbons (Fsp3) is 0.522. The summed E-state index contributed by atoms with van der Waals surface area (Å²) in [6.45, 7) is 3.74. The summed E-state index contributed by atoms with van der Waals surface area (Å²) in [5.41, 5.74) is 4.04. The predicted octanol–water partition coefficient (Wildman–Crippen LogP) is 1.45. The minimum Gasteiger partial charge on any atom is -0.317 e. The van der Waals surface area contributed by atoms with Crippen molar-refractivity contribution >= 4 is 26.9 Å². The van der Waals surface area contributed by atoms with E-state index in [9.17, 15) is 13.2 Å². The highest BCUT2D eigenvalue weighted by molar-refractivity contribution is 7.89. The van der Waals surface area contributed by atoms with Gasteiger partial charge < -0.3 is 5.32 Å². The Labute approximate surface area is 203 Å². The molecule has 2 aromatic heterocycles. The van der Waals surface area contributed by atoms with Crippen molar-refractivity contribution in [3.05, 3.63) is 46.0 Å². The quantitative estimate of drug-likeness (QED) is 0.395. The summed E-state index contributed by atoms with van der Waals surface area (Å²) in [4.78, 5) is 23.8. The molecular formula is C23H31N7O4S. The summed E-state index contributed by atoms with van der Waals surface area (Å²) in [6, 6.07) is 3.15. The van der Waals surface area contributed by atoms with Crippen molar-refractivity contribution in [2.45, 2.75) is 55.5 Å². The van der Waals surface area contributed by atoms with Gasteiger partial charge in [0.25, 0.3) is 5.56 Å². The van der Waals surface area contributed by atoms with Crippen LogP contribution in [0.2, 0.25) is 0 Å². The molecule has 5 rings (SSSR count). The Bertz CT molecular complexity index is 1420. The molecule has 0 radical (unpaired) electrons. The van der Waals surface area contributed by atoms with Crippen LogP contribution >= 0.6 is 0 Å². The van der Waals surface area contributed by atoms with Gasteiger partial charge in [-0.2, -0.15) is 5.10 Å². The van der Waals surface area contributed by atoms with Gasteiger partial charge in [-0.1, -0.05) is 0 Å². The Morgan fingerprint density at radius 2 is 2.00 bits per heavy atom. The summed E-state index contributed by atoms with van der Waals surface area (Å²) in [7, 11) is -0.552. The third kappa shape index (κ3) is 4.83. The Hall–Kier alpha value is -2.80. The topological polar surface area (TPSA) is 132 Å². The highest BCUT2D eigenvalue weighted by atomic mass is 32.2. The number of piperidine rings is 1. The zero-order chi connectivity index (χ0) is 24.8. The summed E-state index contributed by atoms with van der Waals surface area (Å²) < 4.78 is 32.6. The lowest BCUT2D eigenvalue weighted by Crippen LogP contribution is -2.34. The lowest BCUT2D eigenvalue weighted by atomic mass is 9.89. The van der Waals surface area contributed by atoms with E-state index in [1.165, 1.54) is 17.7 Å². The van der Waals surface area contributed by atoms with Crippen LogP contribution in [-0.2, 0) is 28.5 Å². The van der Waals surface area contributed by atoms with Crippen molar-refractivity contribution in [2.75, 3.05) is 25.7 Å². The van der Waals surface area contributed by atoms with Gasteiger partial charge in [0.1, 0.15) is 0 Å². The summed E-state index contributed by atoms with van der Waals surface area (Å²) >= 11 is 0. The van der Waals surface area contributed by atoms with Crippen LogP contribution in [0.4, 0.5) is 5.95 Å². The molecule has 1 aromatic carbocycles. The molecule has 3 heterocycles. The first-order valence-electron chi connectivity index (χ1n) is 11.8. The van der Waals surface area contributed by atoms with Crippen LogP contribution in [0.1, 0.15) is 49.7 Å². The van der Waals surface area contributed by atoms with E-state index in [4.69, 9.17) is 9.82 Å². The second-order valence-corrected chi connectivity index (χ2v) is 11.4. The van der Waals surface area contributed by atoms with Crippen molar-refractivity contribution in [1.29, 1.82) is 0 Å². The third-order valence-corrected chi connectivity index (χ3v) is 8.44. The largest absolute Gasteiger partial charge is 0.317 e. The molecule has 0 atom stereocenters. The molecule has 2 fully saturated rings. The summed E-state index contributed by atoms with van der Waals surface area (Å²) in [5.74, 6) is 0.338. The number of benzene rings is 1. The fourth-order valence-corrected chi connectivity index (χ4v) is 6.18. The van der Waals surface area contributed by atoms with Crippen molar-refractivity contribution in [3.8, 4) is 0 Å². The highest BCUT2D eigenvalue weighted by Gasteiger charge is 2.41. The Kier molecular flexibility index (Phi) is 6.16. The van der Waals surface area contributed by atoms with E-state index in [-0.39, 0.29) is 34.3 Å². The molecule has 0 amide bonds. The number of aromatic nitrogens is 4. The van der Waals surface area contributed by atoms with Crippen LogP contribution in [-0.4, -0.2) is 53.5 Å². The van der Waals surface area contributed by atoms with Crippen LogP contribution in [0.25, 0.3) is 10.9 Å². The minimum atomic E-state index is -3.81. The monoisotopic (exact) mass is 501 g/mol. The number of aryl methyl sites for hydroxylation is 1. The molecule has 0 spiro atoms. The molecule has 1 saturated carbocycles. The number of rotatable bonds is 8. The lowest BCUT2D eigenvalue weighted by Gasteiger charge is -2.25. The maximum absolute atomic E-state index is 13.8. The number of fused-ring (bicyclic) bond motifs is 1. The Morgan fingerprint density at radius 3 is 2.63 bits per heavy atom. The molecule has 0 unspecified atom stereocenters. The van der Waals surface area contributed by atoms with Crippen molar-refractivity contribution < 1.29 is 13.3 Å². The fourth-order valence-electron chi connectivity index (χ4n) is 4.65. The van der Waals surface area contributed by atoms with Crippen LogP contribution < -0.4 is 21.1 Å². The number of nitrogens with zero attached hydrogens (tertiary/aromatic N) is 4. The maximum atomic E-state index is 13.8. The van der Waals surface area contributed by atoms with Gasteiger partial charge in [-0.25, -0.2) is 23.6 Å². The average molecular weight is 502 g/mol. The first kappa shape index (κ1) is 23.9. The number of nitrogens with one attached hydrogen (secondary N) is 3. The Morgan fingerprint density at radius 1 is 1.26 bits per heavy atom. The van der Waals surface area contributed by atoms with E-state index in [1.54, 1.807) is 24.0 Å². The maximum Gasteiger partial charge on any atom is 0.263 e. The van der Waals surface area contributed by atoms with E-state index in [2.05, 4.69) is 20.6 Å². The van der Waals surface area contributed by atoms with Gasteiger partial charge in [-0.05, 0) is 69.3 Å².